The van der Waals surface area contributed by atoms with E-state index in [4.69, 9.17) is 9.47 Å². The minimum Gasteiger partial charge on any atom is -0.458 e. The van der Waals surface area contributed by atoms with Crippen molar-refractivity contribution in [3.05, 3.63) is 144 Å². The molecule has 0 amide bonds. The third-order valence-corrected chi connectivity index (χ3v) is 10.2. The summed E-state index contributed by atoms with van der Waals surface area (Å²) >= 11 is 0. The first kappa shape index (κ1) is 28.4. The van der Waals surface area contributed by atoms with Gasteiger partial charge < -0.3 is 9.47 Å². The van der Waals surface area contributed by atoms with Gasteiger partial charge in [-0.05, 0) is 78.2 Å². The number of carbonyl (C=O) groups excluding carboxylic acids is 1. The minimum absolute atomic E-state index is 0.0216. The van der Waals surface area contributed by atoms with Gasteiger partial charge in [-0.2, -0.15) is 0 Å². The van der Waals surface area contributed by atoms with Crippen LogP contribution in [-0.2, 0) is 15.1 Å². The maximum atomic E-state index is 13.0. The Hall–Kier alpha value is -3.69. The Morgan fingerprint density at radius 3 is 1.79 bits per heavy atom. The van der Waals surface area contributed by atoms with E-state index in [1.807, 2.05) is 30.3 Å². The van der Waals surface area contributed by atoms with Crippen LogP contribution >= 0.6 is 0 Å². The lowest BCUT2D eigenvalue weighted by atomic mass is 9.62. The summed E-state index contributed by atoms with van der Waals surface area (Å²) in [6.45, 7) is 5.46. The number of hydrogen-bond acceptors (Lipinski definition) is 3. The number of ether oxygens (including phenoxy) is 2. The fourth-order valence-corrected chi connectivity index (χ4v) is 8.16. The van der Waals surface area contributed by atoms with Gasteiger partial charge in [-0.25, -0.2) is 4.79 Å². The van der Waals surface area contributed by atoms with Crippen LogP contribution in [0.5, 0.6) is 0 Å². The maximum absolute atomic E-state index is 13.0. The van der Waals surface area contributed by atoms with Crippen molar-refractivity contribution in [2.75, 3.05) is 6.61 Å². The lowest BCUT2D eigenvalue weighted by Crippen LogP contribution is -2.44. The quantitative estimate of drug-likeness (QED) is 0.152. The van der Waals surface area contributed by atoms with Crippen LogP contribution in [0.3, 0.4) is 0 Å². The molecular weight excluding hydrogens is 516 g/mol. The van der Waals surface area contributed by atoms with Gasteiger partial charge in [0.25, 0.3) is 0 Å². The van der Waals surface area contributed by atoms with Crippen LogP contribution < -0.4 is 0 Å². The molecule has 0 spiro atoms. The third kappa shape index (κ3) is 5.31. The van der Waals surface area contributed by atoms with Gasteiger partial charge in [0, 0.05) is 5.92 Å². The minimum atomic E-state index is -0.711. The molecule has 5 atom stereocenters. The second-order valence-electron chi connectivity index (χ2n) is 12.6. The lowest BCUT2D eigenvalue weighted by Gasteiger charge is -2.46. The first-order valence-corrected chi connectivity index (χ1v) is 15.6. The van der Waals surface area contributed by atoms with Crippen LogP contribution in [0.25, 0.3) is 0 Å². The zero-order valence-corrected chi connectivity index (χ0v) is 24.8. The largest absolute Gasteiger partial charge is 0.458 e. The van der Waals surface area contributed by atoms with Crippen molar-refractivity contribution in [3.8, 4) is 0 Å². The second-order valence-corrected chi connectivity index (χ2v) is 12.6. The maximum Gasteiger partial charge on any atom is 0.338 e. The Labute approximate surface area is 250 Å². The van der Waals surface area contributed by atoms with Crippen molar-refractivity contribution >= 4 is 5.97 Å². The average Bonchev–Trinajstić information content (AvgIpc) is 3.41. The highest BCUT2D eigenvalue weighted by Gasteiger charge is 2.54. The Morgan fingerprint density at radius 2 is 1.26 bits per heavy atom. The van der Waals surface area contributed by atoms with Gasteiger partial charge in [-0.15, -0.1) is 0 Å². The van der Waals surface area contributed by atoms with E-state index in [9.17, 15) is 4.79 Å². The highest BCUT2D eigenvalue weighted by atomic mass is 16.5. The first-order chi connectivity index (χ1) is 20.5. The number of fused-ring (bicyclic) bond motifs is 1. The summed E-state index contributed by atoms with van der Waals surface area (Å²) in [6, 6.07) is 41.3. The molecule has 0 N–H and O–H groups in total. The molecule has 2 saturated carbocycles. The Bertz CT molecular complexity index is 1340. The molecule has 216 valence electrons. The summed E-state index contributed by atoms with van der Waals surface area (Å²) in [5, 5.41) is 0. The fraction of sp³-hybridized carbons (Fsp3) is 0.359. The van der Waals surface area contributed by atoms with Crippen molar-refractivity contribution in [1.29, 1.82) is 0 Å². The first-order valence-electron chi connectivity index (χ1n) is 15.6. The Kier molecular flexibility index (Phi) is 8.31. The van der Waals surface area contributed by atoms with Gasteiger partial charge in [0.1, 0.15) is 11.7 Å². The molecule has 2 aliphatic carbocycles. The molecule has 2 aliphatic rings. The van der Waals surface area contributed by atoms with Gasteiger partial charge in [-0.1, -0.05) is 123 Å². The van der Waals surface area contributed by atoms with Crippen LogP contribution in [0.1, 0.15) is 73.0 Å². The van der Waals surface area contributed by atoms with E-state index in [-0.39, 0.29) is 17.5 Å². The molecule has 0 aliphatic heterocycles. The molecule has 0 heterocycles. The normalized spacial score (nSPS) is 24.5. The molecule has 4 aromatic rings. The van der Waals surface area contributed by atoms with E-state index in [0.717, 1.165) is 42.4 Å². The van der Waals surface area contributed by atoms with E-state index < -0.39 is 5.60 Å². The van der Waals surface area contributed by atoms with Gasteiger partial charge >= 0.3 is 5.97 Å². The molecule has 6 rings (SSSR count). The van der Waals surface area contributed by atoms with Crippen LogP contribution in [0.4, 0.5) is 0 Å². The van der Waals surface area contributed by atoms with E-state index in [0.29, 0.717) is 29.9 Å². The Balaban J connectivity index is 1.26. The van der Waals surface area contributed by atoms with Gasteiger partial charge in [-0.3, -0.25) is 0 Å². The summed E-state index contributed by atoms with van der Waals surface area (Å²) in [7, 11) is 0. The second kappa shape index (κ2) is 12.3. The summed E-state index contributed by atoms with van der Waals surface area (Å²) in [5.74, 6) is 1.04. The molecule has 2 fully saturated rings. The average molecular weight is 559 g/mol. The highest BCUT2D eigenvalue weighted by Crippen LogP contribution is 2.58. The monoisotopic (exact) mass is 558 g/mol. The van der Waals surface area contributed by atoms with Gasteiger partial charge in [0.2, 0.25) is 0 Å². The number of rotatable bonds is 9. The molecule has 0 saturated heterocycles. The zero-order chi connectivity index (χ0) is 29.0. The van der Waals surface area contributed by atoms with Crippen LogP contribution in [0, 0.1) is 23.2 Å². The molecule has 4 aromatic carbocycles. The summed E-state index contributed by atoms with van der Waals surface area (Å²) in [5.41, 5.74) is 3.46. The molecular formula is C39H42O3. The highest BCUT2D eigenvalue weighted by molar-refractivity contribution is 5.89. The van der Waals surface area contributed by atoms with Crippen molar-refractivity contribution in [2.45, 2.75) is 57.7 Å². The predicted molar refractivity (Wildman–Crippen MR) is 168 cm³/mol. The van der Waals surface area contributed by atoms with E-state index in [1.54, 1.807) is 0 Å². The zero-order valence-electron chi connectivity index (χ0n) is 24.8. The topological polar surface area (TPSA) is 35.5 Å². The van der Waals surface area contributed by atoms with Gasteiger partial charge in [0.15, 0.2) is 0 Å². The number of carbonyl (C=O) groups is 1. The lowest BCUT2D eigenvalue weighted by molar-refractivity contribution is -0.0647. The van der Waals surface area contributed by atoms with Crippen LogP contribution in [-0.4, -0.2) is 18.7 Å². The molecule has 0 bridgehead atoms. The van der Waals surface area contributed by atoms with Crippen molar-refractivity contribution < 1.29 is 14.3 Å². The Morgan fingerprint density at radius 1 is 0.762 bits per heavy atom. The molecule has 0 radical (unpaired) electrons. The summed E-state index contributed by atoms with van der Waals surface area (Å²) < 4.78 is 13.5. The van der Waals surface area contributed by atoms with Crippen LogP contribution in [0.2, 0.25) is 0 Å². The predicted octanol–water partition coefficient (Wildman–Crippen LogP) is 9.07. The van der Waals surface area contributed by atoms with Crippen molar-refractivity contribution in [2.24, 2.45) is 23.2 Å². The van der Waals surface area contributed by atoms with E-state index in [1.165, 1.54) is 6.42 Å². The van der Waals surface area contributed by atoms with Gasteiger partial charge in [0.05, 0.1) is 12.2 Å². The number of esters is 1. The van der Waals surface area contributed by atoms with Crippen LogP contribution in [0.15, 0.2) is 121 Å². The summed E-state index contributed by atoms with van der Waals surface area (Å²) in [6.07, 6.45) is 5.43. The molecule has 3 heteroatoms. The standard InChI is InChI=1S/C39H42O3/c1-29(34-25-26-35-36(24-15-27-38(34,35)2)42-37(40)30-16-7-3-8-17-30)28-41-39(31-18-9-4-10-19-31,32-20-11-5-12-21-32)33-22-13-6-14-23-33/h3-14,16-23,29,34-36H,15,24-28H2,1-2H3/t29-,34-,35+,36+,38-/m1/s1. The molecule has 3 nitrogen and oxygen atoms in total. The smallest absolute Gasteiger partial charge is 0.338 e. The van der Waals surface area contributed by atoms with E-state index in [2.05, 4.69) is 105 Å². The molecule has 0 unspecified atom stereocenters. The fourth-order valence-electron chi connectivity index (χ4n) is 8.16. The van der Waals surface area contributed by atoms with Crippen molar-refractivity contribution in [1.82, 2.24) is 0 Å². The third-order valence-electron chi connectivity index (χ3n) is 10.2. The summed E-state index contributed by atoms with van der Waals surface area (Å²) in [4.78, 5) is 13.0. The number of hydrogen-bond donors (Lipinski definition) is 0. The molecule has 42 heavy (non-hydrogen) atoms. The van der Waals surface area contributed by atoms with Crippen molar-refractivity contribution in [3.63, 3.8) is 0 Å². The molecule has 0 aromatic heterocycles. The number of benzene rings is 4. The van der Waals surface area contributed by atoms with E-state index >= 15 is 0 Å². The SMILES string of the molecule is C[C@H](COC(c1ccccc1)(c1ccccc1)c1ccccc1)[C@H]1CC[C@H]2[C@@H](OC(=O)c3ccccc3)CCC[C@]12C.